The van der Waals surface area contributed by atoms with Gasteiger partial charge < -0.3 is 0 Å². The number of hydrogen-bond donors (Lipinski definition) is 0. The third-order valence-corrected chi connectivity index (χ3v) is 3.50. The van der Waals surface area contributed by atoms with Crippen molar-refractivity contribution in [2.24, 2.45) is 0 Å². The van der Waals surface area contributed by atoms with Gasteiger partial charge in [0.05, 0.1) is 0 Å². The van der Waals surface area contributed by atoms with E-state index in [1.165, 1.54) is 5.57 Å². The summed E-state index contributed by atoms with van der Waals surface area (Å²) in [5.41, 5.74) is 1.47. The molecule has 1 aliphatic heterocycles. The summed E-state index contributed by atoms with van der Waals surface area (Å²) in [6.45, 7) is 4.39. The van der Waals surface area contributed by atoms with E-state index in [2.05, 4.69) is 30.9 Å². The van der Waals surface area contributed by atoms with Crippen LogP contribution in [-0.4, -0.2) is 19.6 Å². The fourth-order valence-corrected chi connectivity index (χ4v) is 1.98. The maximum absolute atomic E-state index is 2.28. The minimum atomic E-state index is 0.407. The van der Waals surface area contributed by atoms with Crippen molar-refractivity contribution >= 4 is 19.6 Å². The van der Waals surface area contributed by atoms with Crippen molar-refractivity contribution in [3.8, 4) is 0 Å². The Morgan fingerprint density at radius 1 is 1.38 bits per heavy atom. The van der Waals surface area contributed by atoms with Crippen molar-refractivity contribution in [3.05, 3.63) is 22.6 Å². The van der Waals surface area contributed by atoms with Crippen LogP contribution in [0.3, 0.4) is 0 Å². The summed E-state index contributed by atoms with van der Waals surface area (Å²) in [4.78, 5) is 2.28. The zero-order valence-corrected chi connectivity index (χ0v) is 7.06. The zero-order valence-electron chi connectivity index (χ0n) is 5.18. The van der Waals surface area contributed by atoms with Gasteiger partial charge >= 0.3 is 56.1 Å². The molecular formula is C7H9As. The summed E-state index contributed by atoms with van der Waals surface area (Å²) in [5, 5.41) is 0. The first kappa shape index (κ1) is 6.03. The molecule has 0 aliphatic carbocycles. The van der Waals surface area contributed by atoms with E-state index in [1.54, 1.807) is 4.30 Å². The second kappa shape index (κ2) is 2.46. The van der Waals surface area contributed by atoms with Crippen molar-refractivity contribution in [2.45, 2.75) is 13.8 Å². The van der Waals surface area contributed by atoms with Gasteiger partial charge in [0.2, 0.25) is 0 Å². The number of allylic oxidation sites excluding steroid dienone is 3. The van der Waals surface area contributed by atoms with Gasteiger partial charge in [0.15, 0.2) is 0 Å². The molecule has 0 atom stereocenters. The first-order valence-corrected chi connectivity index (χ1v) is 4.71. The van der Waals surface area contributed by atoms with Crippen LogP contribution in [0, 0.1) is 0 Å². The van der Waals surface area contributed by atoms with Crippen LogP contribution in [0.25, 0.3) is 0 Å². The normalized spacial score (nSPS) is 19.8. The van der Waals surface area contributed by atoms with Crippen molar-refractivity contribution in [1.29, 1.82) is 0 Å². The van der Waals surface area contributed by atoms with Crippen LogP contribution in [-0.2, 0) is 0 Å². The van der Waals surface area contributed by atoms with Crippen molar-refractivity contribution < 1.29 is 0 Å². The topological polar surface area (TPSA) is 0 Å². The quantitative estimate of drug-likeness (QED) is 0.479. The molecule has 0 aromatic rings. The van der Waals surface area contributed by atoms with Gasteiger partial charge in [0.1, 0.15) is 0 Å². The van der Waals surface area contributed by atoms with Gasteiger partial charge in [-0.15, -0.1) is 0 Å². The molecule has 0 amide bonds. The van der Waals surface area contributed by atoms with E-state index >= 15 is 0 Å². The molecule has 8 heavy (non-hydrogen) atoms. The summed E-state index contributed by atoms with van der Waals surface area (Å²) in [6, 6.07) is 0. The first-order chi connectivity index (χ1) is 3.80. The van der Waals surface area contributed by atoms with Gasteiger partial charge in [0, 0.05) is 0 Å². The third-order valence-electron chi connectivity index (χ3n) is 1.27. The predicted octanol–water partition coefficient (Wildman–Crippen LogP) is 1.36. The van der Waals surface area contributed by atoms with Crippen LogP contribution >= 0.6 is 0 Å². The van der Waals surface area contributed by atoms with Gasteiger partial charge in [0.25, 0.3) is 0 Å². The average Bonchev–Trinajstić information content (AvgIpc) is 1.77. The summed E-state index contributed by atoms with van der Waals surface area (Å²) >= 11 is 0.407. The molecule has 0 bridgehead atoms. The second-order valence-electron chi connectivity index (χ2n) is 1.91. The molecule has 42 valence electrons. The summed E-state index contributed by atoms with van der Waals surface area (Å²) in [7, 11) is 0. The zero-order chi connectivity index (χ0) is 5.98. The summed E-state index contributed by atoms with van der Waals surface area (Å²) < 4.78 is 1.59. The molecule has 1 rings (SSSR count). The van der Waals surface area contributed by atoms with E-state index in [4.69, 9.17) is 0 Å². The first-order valence-electron chi connectivity index (χ1n) is 2.69. The second-order valence-corrected chi connectivity index (χ2v) is 4.48. The molecule has 1 heteroatoms. The molecule has 0 N–H and O–H groups in total. The average molecular weight is 168 g/mol. The molecule has 1 aliphatic rings. The van der Waals surface area contributed by atoms with Gasteiger partial charge in [-0.3, -0.25) is 0 Å². The molecule has 0 saturated heterocycles. The molecule has 0 aromatic heterocycles. The SMILES string of the molecule is CC1=CC=C[As]=C1C. The fourth-order valence-electron chi connectivity index (χ4n) is 0.565. The molecule has 0 unspecified atom stereocenters. The summed E-state index contributed by atoms with van der Waals surface area (Å²) in [6.07, 6.45) is 4.33. The standard InChI is InChI=1S/C7H9As/c1-6-4-3-5-8-7(6)2/h3-5H,1-2H3. The van der Waals surface area contributed by atoms with E-state index in [0.717, 1.165) is 0 Å². The van der Waals surface area contributed by atoms with Gasteiger partial charge in [-0.1, -0.05) is 0 Å². The molecule has 0 nitrogen and oxygen atoms in total. The van der Waals surface area contributed by atoms with E-state index in [1.807, 2.05) is 0 Å². The minimum absolute atomic E-state index is 0.407. The monoisotopic (exact) mass is 168 g/mol. The Morgan fingerprint density at radius 3 is 2.50 bits per heavy atom. The van der Waals surface area contributed by atoms with E-state index in [9.17, 15) is 0 Å². The van der Waals surface area contributed by atoms with Crippen LogP contribution in [0.1, 0.15) is 13.8 Å². The van der Waals surface area contributed by atoms with E-state index in [-0.39, 0.29) is 0 Å². The van der Waals surface area contributed by atoms with E-state index < -0.39 is 0 Å². The molecule has 1 heterocycles. The molecule has 0 aromatic carbocycles. The van der Waals surface area contributed by atoms with Crippen LogP contribution in [0.15, 0.2) is 22.6 Å². The molecule has 0 spiro atoms. The van der Waals surface area contributed by atoms with Crippen molar-refractivity contribution in [2.75, 3.05) is 0 Å². The van der Waals surface area contributed by atoms with Crippen molar-refractivity contribution in [3.63, 3.8) is 0 Å². The Bertz CT molecular complexity index is 153. The van der Waals surface area contributed by atoms with Crippen LogP contribution in [0.2, 0.25) is 0 Å². The van der Waals surface area contributed by atoms with Crippen molar-refractivity contribution in [1.82, 2.24) is 0 Å². The van der Waals surface area contributed by atoms with Crippen LogP contribution in [0.4, 0.5) is 0 Å². The number of hydrogen-bond acceptors (Lipinski definition) is 0. The fraction of sp³-hybridized carbons (Fsp3) is 0.286. The Hall–Kier alpha value is -0.0916. The van der Waals surface area contributed by atoms with Crippen LogP contribution in [0.5, 0.6) is 0 Å². The molecule has 0 fully saturated rings. The molecule has 0 radical (unpaired) electrons. The summed E-state index contributed by atoms with van der Waals surface area (Å²) in [5.74, 6) is 0. The van der Waals surface area contributed by atoms with E-state index in [0.29, 0.717) is 15.3 Å². The van der Waals surface area contributed by atoms with Gasteiger partial charge in [-0.05, 0) is 0 Å². The Balaban J connectivity index is 2.93. The number of rotatable bonds is 0. The van der Waals surface area contributed by atoms with Gasteiger partial charge in [-0.2, -0.15) is 0 Å². The maximum atomic E-state index is 2.28. The van der Waals surface area contributed by atoms with Crippen LogP contribution < -0.4 is 0 Å². The predicted molar refractivity (Wildman–Crippen MR) is 39.3 cm³/mol. The Morgan fingerprint density at radius 2 is 2.12 bits per heavy atom. The third kappa shape index (κ3) is 1.20. The Labute approximate surface area is 56.5 Å². The Kier molecular flexibility index (Phi) is 1.85. The van der Waals surface area contributed by atoms with Gasteiger partial charge in [-0.25, -0.2) is 0 Å². The molecule has 0 saturated carbocycles. The molecular weight excluding hydrogens is 159 g/mol.